The number of halogens is 2. The summed E-state index contributed by atoms with van der Waals surface area (Å²) in [6.45, 7) is 3.25. The van der Waals surface area contributed by atoms with Crippen LogP contribution in [0.2, 0.25) is 0 Å². The molecule has 14 heteroatoms. The predicted molar refractivity (Wildman–Crippen MR) is 192 cm³/mol. The van der Waals surface area contributed by atoms with Crippen LogP contribution in [0.3, 0.4) is 0 Å². The monoisotopic (exact) mass is 704 g/mol. The highest BCUT2D eigenvalue weighted by Gasteiger charge is 2.41. The number of pyridine rings is 1. The second-order valence-electron chi connectivity index (χ2n) is 14.1. The van der Waals surface area contributed by atoms with Crippen LogP contribution in [0, 0.1) is 18.6 Å². The van der Waals surface area contributed by atoms with E-state index in [1.165, 1.54) is 16.8 Å². The number of likely N-dealkylation sites (N-methyl/N-ethyl adjacent to an activating group) is 1. The Labute approximate surface area is 298 Å². The Hall–Kier alpha value is -5.50. The van der Waals surface area contributed by atoms with E-state index in [1.54, 1.807) is 18.2 Å². The molecule has 52 heavy (non-hydrogen) atoms. The van der Waals surface area contributed by atoms with Gasteiger partial charge in [0, 0.05) is 50.8 Å². The fourth-order valence-electron chi connectivity index (χ4n) is 7.88. The number of nitrogens with zero attached hydrogens (tertiary/aromatic N) is 9. The minimum atomic E-state index is -0.750. The SMILES string of the molecule is COC1CN(C)C(=O)[C@@H]2C[C@@H](CN2c2nc(C3CCC3)nc3c2cnn3-c2ccc(F)cc2F)Nc2cccc(n2)-c2cccc3nc(C)n(c23)C1. The van der Waals surface area contributed by atoms with Gasteiger partial charge in [-0.15, -0.1) is 0 Å². The van der Waals surface area contributed by atoms with E-state index in [2.05, 4.69) is 21.0 Å². The van der Waals surface area contributed by atoms with E-state index in [0.717, 1.165) is 53.4 Å². The third-order valence-electron chi connectivity index (χ3n) is 10.8. The zero-order valence-electron chi connectivity index (χ0n) is 29.1. The van der Waals surface area contributed by atoms with E-state index in [-0.39, 0.29) is 29.7 Å². The summed E-state index contributed by atoms with van der Waals surface area (Å²) >= 11 is 0. The summed E-state index contributed by atoms with van der Waals surface area (Å²) in [5.41, 5.74) is 4.10. The lowest BCUT2D eigenvalue weighted by Crippen LogP contribution is -2.47. The van der Waals surface area contributed by atoms with Crippen molar-refractivity contribution in [1.29, 1.82) is 0 Å². The molecule has 12 nitrogen and oxygen atoms in total. The molecule has 3 aliphatic rings. The second-order valence-corrected chi connectivity index (χ2v) is 14.1. The van der Waals surface area contributed by atoms with Gasteiger partial charge in [0.25, 0.3) is 0 Å². The van der Waals surface area contributed by atoms with Crippen molar-refractivity contribution in [3.63, 3.8) is 0 Å². The van der Waals surface area contributed by atoms with Gasteiger partial charge in [0.1, 0.15) is 40.8 Å². The van der Waals surface area contributed by atoms with Crippen LogP contribution in [0.15, 0.2) is 60.8 Å². The first kappa shape index (κ1) is 32.4. The summed E-state index contributed by atoms with van der Waals surface area (Å²) in [7, 11) is 3.48. The molecular weight excluding hydrogens is 666 g/mol. The Kier molecular flexibility index (Phi) is 7.86. The first-order valence-corrected chi connectivity index (χ1v) is 17.7. The molecule has 2 aromatic carbocycles. The molecule has 9 rings (SSSR count). The topological polar surface area (TPSA) is 119 Å². The van der Waals surface area contributed by atoms with Crippen molar-refractivity contribution in [3.8, 4) is 16.9 Å². The molecule has 2 fully saturated rings. The molecule has 1 aliphatic carbocycles. The summed E-state index contributed by atoms with van der Waals surface area (Å²) < 4.78 is 38.6. The molecule has 266 valence electrons. The van der Waals surface area contributed by atoms with Crippen molar-refractivity contribution < 1.29 is 18.3 Å². The van der Waals surface area contributed by atoms with Crippen LogP contribution in [-0.2, 0) is 16.1 Å². The number of aromatic nitrogens is 7. The summed E-state index contributed by atoms with van der Waals surface area (Å²) in [5, 5.41) is 8.73. The number of rotatable bonds is 4. The van der Waals surface area contributed by atoms with E-state index in [1.807, 2.05) is 49.2 Å². The molecular formula is C38H38F2N10O2. The minimum absolute atomic E-state index is 0.0789. The van der Waals surface area contributed by atoms with Crippen molar-refractivity contribution in [2.24, 2.45) is 0 Å². The number of imidazole rings is 1. The van der Waals surface area contributed by atoms with Crippen LogP contribution in [0.5, 0.6) is 0 Å². The van der Waals surface area contributed by atoms with Gasteiger partial charge in [0.05, 0.1) is 41.0 Å². The van der Waals surface area contributed by atoms with Crippen molar-refractivity contribution in [2.75, 3.05) is 37.5 Å². The van der Waals surface area contributed by atoms with Crippen LogP contribution in [0.4, 0.5) is 20.4 Å². The van der Waals surface area contributed by atoms with Gasteiger partial charge in [-0.2, -0.15) is 5.10 Å². The average Bonchev–Trinajstić information content (AvgIpc) is 3.81. The maximum absolute atomic E-state index is 15.1. The molecule has 4 bridgehead atoms. The van der Waals surface area contributed by atoms with Crippen molar-refractivity contribution in [1.82, 2.24) is 39.2 Å². The maximum Gasteiger partial charge on any atom is 0.245 e. The molecule has 6 aromatic rings. The third-order valence-corrected chi connectivity index (χ3v) is 10.8. The largest absolute Gasteiger partial charge is 0.378 e. The molecule has 6 heterocycles. The number of methoxy groups -OCH3 is 1. The van der Waals surface area contributed by atoms with Crippen LogP contribution >= 0.6 is 0 Å². The first-order chi connectivity index (χ1) is 25.2. The quantitative estimate of drug-likeness (QED) is 0.249. The Balaban J connectivity index is 1.17. The molecule has 1 unspecified atom stereocenters. The third kappa shape index (κ3) is 5.43. The second kappa shape index (κ2) is 12.6. The van der Waals surface area contributed by atoms with Crippen LogP contribution in [-0.4, -0.2) is 90.5 Å². The number of carbonyl (C=O) groups excluding carboxylic acids is 1. The lowest BCUT2D eigenvalue weighted by Gasteiger charge is -2.31. The van der Waals surface area contributed by atoms with Crippen molar-refractivity contribution >= 4 is 39.6 Å². The van der Waals surface area contributed by atoms with Gasteiger partial charge in [0.2, 0.25) is 5.91 Å². The van der Waals surface area contributed by atoms with Gasteiger partial charge in [0.15, 0.2) is 11.5 Å². The highest BCUT2D eigenvalue weighted by atomic mass is 19.1. The molecule has 3 atom stereocenters. The smallest absolute Gasteiger partial charge is 0.245 e. The number of carbonyl (C=O) groups is 1. The van der Waals surface area contributed by atoms with Crippen LogP contribution < -0.4 is 10.2 Å². The van der Waals surface area contributed by atoms with E-state index in [9.17, 15) is 9.18 Å². The zero-order valence-corrected chi connectivity index (χ0v) is 29.1. The Morgan fingerprint density at radius 1 is 0.962 bits per heavy atom. The van der Waals surface area contributed by atoms with E-state index in [0.29, 0.717) is 54.5 Å². The Bertz CT molecular complexity index is 2350. The molecule has 1 amide bonds. The number of ether oxygens (including phenoxy) is 1. The summed E-state index contributed by atoms with van der Waals surface area (Å²) in [6, 6.07) is 14.6. The number of amides is 1. The van der Waals surface area contributed by atoms with Gasteiger partial charge in [-0.05, 0) is 56.5 Å². The number of fused-ring (bicyclic) bond motifs is 6. The lowest BCUT2D eigenvalue weighted by molar-refractivity contribution is -0.132. The number of hydrogen-bond acceptors (Lipinski definition) is 9. The normalized spacial score (nSPS) is 20.9. The Morgan fingerprint density at radius 2 is 1.81 bits per heavy atom. The zero-order chi connectivity index (χ0) is 35.7. The van der Waals surface area contributed by atoms with Gasteiger partial charge in [-0.3, -0.25) is 4.79 Å². The fourth-order valence-corrected chi connectivity index (χ4v) is 7.88. The average molecular weight is 705 g/mol. The molecule has 4 aromatic heterocycles. The molecule has 0 spiro atoms. The highest BCUT2D eigenvalue weighted by molar-refractivity contribution is 5.94. The number of nitrogens with one attached hydrogen (secondary N) is 1. The fraction of sp³-hybridized carbons (Fsp3) is 0.368. The predicted octanol–water partition coefficient (Wildman–Crippen LogP) is 5.63. The lowest BCUT2D eigenvalue weighted by atomic mass is 9.85. The Morgan fingerprint density at radius 3 is 2.60 bits per heavy atom. The van der Waals surface area contributed by atoms with Crippen LogP contribution in [0.25, 0.3) is 39.0 Å². The van der Waals surface area contributed by atoms with E-state index in [4.69, 9.17) is 24.7 Å². The maximum atomic E-state index is 15.1. The molecule has 0 radical (unpaired) electrons. The van der Waals surface area contributed by atoms with Crippen LogP contribution in [0.1, 0.15) is 43.3 Å². The standard InChI is InChI=1S/C38H38F2N10O2/c1-21-42-30-11-5-9-26-29-10-6-12-33(44-29)43-24-16-32(38(51)47(2)19-25(52-3)20-48(21)34(26)30)49(18-24)36-27-17-41-50(31-14-13-23(39)15-28(31)40)37(27)46-35(45-36)22-7-4-8-22/h5-6,9-15,17,22,24-25,32H,4,7-8,16,18-20H2,1-3H3,(H,43,44)/t24-,25?,32-/m0/s1. The van der Waals surface area contributed by atoms with E-state index < -0.39 is 17.7 Å². The molecule has 2 aliphatic heterocycles. The van der Waals surface area contributed by atoms with E-state index >= 15 is 4.39 Å². The van der Waals surface area contributed by atoms with Crippen molar-refractivity contribution in [3.05, 3.63) is 84.1 Å². The molecule has 1 saturated carbocycles. The van der Waals surface area contributed by atoms with Crippen molar-refractivity contribution in [2.45, 2.75) is 63.3 Å². The highest BCUT2D eigenvalue weighted by Crippen LogP contribution is 2.39. The summed E-state index contributed by atoms with van der Waals surface area (Å²) in [4.78, 5) is 38.3. The van der Waals surface area contributed by atoms with Gasteiger partial charge >= 0.3 is 0 Å². The van der Waals surface area contributed by atoms with Gasteiger partial charge in [-0.1, -0.05) is 24.6 Å². The minimum Gasteiger partial charge on any atom is -0.378 e. The molecule has 1 saturated heterocycles. The number of anilines is 2. The van der Waals surface area contributed by atoms with Gasteiger partial charge < -0.3 is 24.4 Å². The number of para-hydroxylation sites is 1. The summed E-state index contributed by atoms with van der Waals surface area (Å²) in [5.74, 6) is 1.36. The van der Waals surface area contributed by atoms with Gasteiger partial charge in [-0.25, -0.2) is 33.4 Å². The first-order valence-electron chi connectivity index (χ1n) is 17.7. The summed E-state index contributed by atoms with van der Waals surface area (Å²) in [6.07, 6.45) is 4.70. The molecule has 1 N–H and O–H groups in total. The number of hydrogen-bond donors (Lipinski definition) is 1. The number of aryl methyl sites for hydroxylation is 1. The number of benzene rings is 2.